The summed E-state index contributed by atoms with van der Waals surface area (Å²) in [5.74, 6) is -0.234. The largest absolute Gasteiger partial charge is 0.396 e. The van der Waals surface area contributed by atoms with Crippen LogP contribution >= 0.6 is 0 Å². The highest BCUT2D eigenvalue weighted by molar-refractivity contribution is 5.61. The Morgan fingerprint density at radius 3 is 2.87 bits per heavy atom. The molecule has 0 saturated carbocycles. The van der Waals surface area contributed by atoms with Crippen molar-refractivity contribution in [1.29, 1.82) is 5.26 Å². The highest BCUT2D eigenvalue weighted by Crippen LogP contribution is 2.28. The first-order valence-corrected chi connectivity index (χ1v) is 4.80. The molecule has 0 amide bonds. The van der Waals surface area contributed by atoms with E-state index in [0.29, 0.717) is 18.8 Å². The molecule has 1 aliphatic rings. The van der Waals surface area contributed by atoms with Crippen molar-refractivity contribution in [2.75, 3.05) is 24.6 Å². The molecule has 2 rings (SSSR count). The van der Waals surface area contributed by atoms with E-state index in [0.717, 1.165) is 0 Å². The predicted octanol–water partition coefficient (Wildman–Crippen LogP) is 1.13. The van der Waals surface area contributed by atoms with Crippen LogP contribution < -0.4 is 4.90 Å². The molecule has 0 aliphatic carbocycles. The van der Waals surface area contributed by atoms with Crippen LogP contribution in [0.2, 0.25) is 0 Å². The topological polar surface area (TPSA) is 47.3 Å². The van der Waals surface area contributed by atoms with Crippen LogP contribution in [-0.4, -0.2) is 24.8 Å². The van der Waals surface area contributed by atoms with Crippen LogP contribution in [0.3, 0.4) is 0 Å². The zero-order chi connectivity index (χ0) is 10.8. The Hall–Kier alpha value is -1.60. The van der Waals surface area contributed by atoms with Gasteiger partial charge in [0.25, 0.3) is 0 Å². The lowest BCUT2D eigenvalue weighted by Gasteiger charge is -2.40. The molecule has 0 spiro atoms. The van der Waals surface area contributed by atoms with Gasteiger partial charge in [-0.25, -0.2) is 4.39 Å². The summed E-state index contributed by atoms with van der Waals surface area (Å²) in [5, 5.41) is 17.7. The Morgan fingerprint density at radius 2 is 2.27 bits per heavy atom. The SMILES string of the molecule is N#Cc1c(F)cccc1N1CC(CO)C1. The van der Waals surface area contributed by atoms with E-state index in [2.05, 4.69) is 0 Å². The second kappa shape index (κ2) is 3.87. The average Bonchev–Trinajstić information content (AvgIpc) is 2.16. The number of hydrogen-bond donors (Lipinski definition) is 1. The van der Waals surface area contributed by atoms with Crippen molar-refractivity contribution in [3.05, 3.63) is 29.6 Å². The molecule has 4 heteroatoms. The van der Waals surface area contributed by atoms with Gasteiger partial charge in [-0.1, -0.05) is 6.07 Å². The Kier molecular flexibility index (Phi) is 2.57. The van der Waals surface area contributed by atoms with Crippen LogP contribution in [0.25, 0.3) is 0 Å². The van der Waals surface area contributed by atoms with E-state index in [-0.39, 0.29) is 18.1 Å². The van der Waals surface area contributed by atoms with Gasteiger partial charge in [0.1, 0.15) is 17.4 Å². The molecule has 3 nitrogen and oxygen atoms in total. The van der Waals surface area contributed by atoms with E-state index >= 15 is 0 Å². The van der Waals surface area contributed by atoms with Crippen LogP contribution in [0.1, 0.15) is 5.56 Å². The Labute approximate surface area is 87.4 Å². The van der Waals surface area contributed by atoms with E-state index in [1.807, 2.05) is 11.0 Å². The van der Waals surface area contributed by atoms with E-state index in [4.69, 9.17) is 10.4 Å². The van der Waals surface area contributed by atoms with Crippen molar-refractivity contribution >= 4 is 5.69 Å². The van der Waals surface area contributed by atoms with Crippen LogP contribution in [0.5, 0.6) is 0 Å². The highest BCUT2D eigenvalue weighted by atomic mass is 19.1. The van der Waals surface area contributed by atoms with Gasteiger partial charge in [0.05, 0.1) is 5.69 Å². The van der Waals surface area contributed by atoms with Crippen LogP contribution in [0.4, 0.5) is 10.1 Å². The molecule has 78 valence electrons. The van der Waals surface area contributed by atoms with Crippen molar-refractivity contribution in [3.8, 4) is 6.07 Å². The van der Waals surface area contributed by atoms with Gasteiger partial charge in [0.15, 0.2) is 0 Å². The lowest BCUT2D eigenvalue weighted by molar-refractivity contribution is 0.200. The molecule has 1 fully saturated rings. The molecule has 15 heavy (non-hydrogen) atoms. The van der Waals surface area contributed by atoms with E-state index in [1.54, 1.807) is 12.1 Å². The standard InChI is InChI=1S/C11H11FN2O/c12-10-2-1-3-11(9(10)4-13)14-5-8(6-14)7-15/h1-3,8,15H,5-7H2. The van der Waals surface area contributed by atoms with Gasteiger partial charge in [0, 0.05) is 25.6 Å². The second-order valence-electron chi connectivity index (χ2n) is 3.70. The van der Waals surface area contributed by atoms with Gasteiger partial charge >= 0.3 is 0 Å². The van der Waals surface area contributed by atoms with Gasteiger partial charge in [-0.15, -0.1) is 0 Å². The molecule has 1 heterocycles. The quantitative estimate of drug-likeness (QED) is 0.789. The monoisotopic (exact) mass is 206 g/mol. The first-order valence-electron chi connectivity index (χ1n) is 4.80. The molecule has 0 radical (unpaired) electrons. The second-order valence-corrected chi connectivity index (χ2v) is 3.70. The molecule has 1 N–H and O–H groups in total. The molecule has 0 atom stereocenters. The zero-order valence-electron chi connectivity index (χ0n) is 8.15. The van der Waals surface area contributed by atoms with Gasteiger partial charge in [0.2, 0.25) is 0 Å². The number of aliphatic hydroxyl groups is 1. The Balaban J connectivity index is 2.23. The normalized spacial score (nSPS) is 15.9. The number of nitriles is 1. The third-order valence-corrected chi connectivity index (χ3v) is 2.66. The van der Waals surface area contributed by atoms with E-state index in [1.165, 1.54) is 6.07 Å². The smallest absolute Gasteiger partial charge is 0.143 e. The summed E-state index contributed by atoms with van der Waals surface area (Å²) in [5.41, 5.74) is 0.719. The fraction of sp³-hybridized carbons (Fsp3) is 0.364. The number of hydrogen-bond acceptors (Lipinski definition) is 3. The van der Waals surface area contributed by atoms with Crippen LogP contribution in [-0.2, 0) is 0 Å². The van der Waals surface area contributed by atoms with E-state index < -0.39 is 5.82 Å². The summed E-state index contributed by atoms with van der Waals surface area (Å²) in [4.78, 5) is 1.91. The molecule has 1 aromatic carbocycles. The maximum Gasteiger partial charge on any atom is 0.143 e. The number of halogens is 1. The van der Waals surface area contributed by atoms with Gasteiger partial charge in [-0.3, -0.25) is 0 Å². The number of aliphatic hydroxyl groups excluding tert-OH is 1. The summed E-state index contributed by atoms with van der Waals surface area (Å²) in [6.45, 7) is 1.52. The maximum absolute atomic E-state index is 13.3. The van der Waals surface area contributed by atoms with Crippen LogP contribution in [0.15, 0.2) is 18.2 Å². The van der Waals surface area contributed by atoms with Crippen molar-refractivity contribution in [1.82, 2.24) is 0 Å². The first kappa shape index (κ1) is 9.94. The van der Waals surface area contributed by atoms with Gasteiger partial charge < -0.3 is 10.0 Å². The minimum absolute atomic E-state index is 0.0916. The highest BCUT2D eigenvalue weighted by Gasteiger charge is 2.28. The molecule has 0 unspecified atom stereocenters. The molecular formula is C11H11FN2O. The number of anilines is 1. The summed E-state index contributed by atoms with van der Waals surface area (Å²) >= 11 is 0. The Bertz CT molecular complexity index is 408. The zero-order valence-corrected chi connectivity index (χ0v) is 8.15. The molecular weight excluding hydrogens is 195 g/mol. The number of benzene rings is 1. The minimum atomic E-state index is -0.484. The fourth-order valence-corrected chi connectivity index (χ4v) is 1.77. The summed E-state index contributed by atoms with van der Waals surface area (Å²) < 4.78 is 13.3. The van der Waals surface area contributed by atoms with Crippen molar-refractivity contribution in [2.24, 2.45) is 5.92 Å². The van der Waals surface area contributed by atoms with Crippen molar-refractivity contribution < 1.29 is 9.50 Å². The fourth-order valence-electron chi connectivity index (χ4n) is 1.77. The predicted molar refractivity (Wildman–Crippen MR) is 53.9 cm³/mol. The third-order valence-electron chi connectivity index (χ3n) is 2.66. The number of nitrogens with zero attached hydrogens (tertiary/aromatic N) is 2. The molecule has 1 saturated heterocycles. The minimum Gasteiger partial charge on any atom is -0.396 e. The van der Waals surface area contributed by atoms with Crippen molar-refractivity contribution in [3.63, 3.8) is 0 Å². The van der Waals surface area contributed by atoms with Crippen LogP contribution in [0, 0.1) is 23.1 Å². The Morgan fingerprint density at radius 1 is 1.53 bits per heavy atom. The number of rotatable bonds is 2. The van der Waals surface area contributed by atoms with E-state index in [9.17, 15) is 4.39 Å². The summed E-state index contributed by atoms with van der Waals surface area (Å²) in [7, 11) is 0. The summed E-state index contributed by atoms with van der Waals surface area (Å²) in [6, 6.07) is 6.48. The van der Waals surface area contributed by atoms with Gasteiger partial charge in [-0.2, -0.15) is 5.26 Å². The molecule has 0 bridgehead atoms. The van der Waals surface area contributed by atoms with Gasteiger partial charge in [-0.05, 0) is 12.1 Å². The third kappa shape index (κ3) is 1.66. The summed E-state index contributed by atoms with van der Waals surface area (Å²) in [6.07, 6.45) is 0. The molecule has 1 aliphatic heterocycles. The molecule has 0 aromatic heterocycles. The lowest BCUT2D eigenvalue weighted by Crippen LogP contribution is -2.48. The first-order chi connectivity index (χ1) is 7.26. The lowest BCUT2D eigenvalue weighted by atomic mass is 9.99. The van der Waals surface area contributed by atoms with Crippen molar-refractivity contribution in [2.45, 2.75) is 0 Å². The maximum atomic E-state index is 13.3. The molecule has 1 aromatic rings. The average molecular weight is 206 g/mol.